The average Bonchev–Trinajstić information content (AvgIpc) is 2.84. The standard InChI is InChI=1S/C13H20N2O3S/c1-3-18-10-4-6-15(7-5-10)13-14-11(9-17-2)12(8-16)19-13/h8,10H,3-7,9H2,1-2H3. The molecule has 19 heavy (non-hydrogen) atoms. The van der Waals surface area contributed by atoms with E-state index in [1.54, 1.807) is 7.11 Å². The lowest BCUT2D eigenvalue weighted by Crippen LogP contribution is -2.37. The summed E-state index contributed by atoms with van der Waals surface area (Å²) in [4.78, 5) is 18.4. The topological polar surface area (TPSA) is 51.7 Å². The van der Waals surface area contributed by atoms with Crippen molar-refractivity contribution in [1.29, 1.82) is 0 Å². The Hall–Kier alpha value is -0.980. The molecule has 6 heteroatoms. The van der Waals surface area contributed by atoms with Crippen molar-refractivity contribution in [3.8, 4) is 0 Å². The number of carbonyl (C=O) groups is 1. The van der Waals surface area contributed by atoms with E-state index in [0.717, 1.165) is 49.6 Å². The lowest BCUT2D eigenvalue weighted by Gasteiger charge is -2.31. The van der Waals surface area contributed by atoms with Crippen molar-refractivity contribution in [1.82, 2.24) is 4.98 Å². The Kier molecular flexibility index (Phi) is 5.30. The molecule has 0 atom stereocenters. The maximum atomic E-state index is 11.0. The Morgan fingerprint density at radius 1 is 1.47 bits per heavy atom. The molecule has 0 saturated carbocycles. The number of methoxy groups -OCH3 is 1. The monoisotopic (exact) mass is 284 g/mol. The average molecular weight is 284 g/mol. The van der Waals surface area contributed by atoms with Gasteiger partial charge in [0.2, 0.25) is 0 Å². The summed E-state index contributed by atoms with van der Waals surface area (Å²) < 4.78 is 10.7. The van der Waals surface area contributed by atoms with E-state index in [-0.39, 0.29) is 0 Å². The maximum Gasteiger partial charge on any atom is 0.186 e. The van der Waals surface area contributed by atoms with Gasteiger partial charge in [-0.1, -0.05) is 11.3 Å². The van der Waals surface area contributed by atoms with Gasteiger partial charge in [0.05, 0.1) is 23.3 Å². The number of aldehydes is 1. The highest BCUT2D eigenvalue weighted by Crippen LogP contribution is 2.28. The normalized spacial score (nSPS) is 16.8. The van der Waals surface area contributed by atoms with Crippen molar-refractivity contribution in [3.63, 3.8) is 0 Å². The van der Waals surface area contributed by atoms with Crippen LogP contribution in [0.3, 0.4) is 0 Å². The number of thiazole rings is 1. The molecule has 106 valence electrons. The van der Waals surface area contributed by atoms with E-state index in [2.05, 4.69) is 9.88 Å². The fraction of sp³-hybridized carbons (Fsp3) is 0.692. The van der Waals surface area contributed by atoms with Crippen LogP contribution >= 0.6 is 11.3 Å². The van der Waals surface area contributed by atoms with Crippen LogP contribution in [0.5, 0.6) is 0 Å². The van der Waals surface area contributed by atoms with Crippen molar-refractivity contribution in [2.24, 2.45) is 0 Å². The van der Waals surface area contributed by atoms with Crippen LogP contribution in [-0.4, -0.2) is 44.2 Å². The fourth-order valence-corrected chi connectivity index (χ4v) is 3.20. The van der Waals surface area contributed by atoms with Crippen LogP contribution in [0.4, 0.5) is 5.13 Å². The molecule has 1 aromatic heterocycles. The van der Waals surface area contributed by atoms with E-state index < -0.39 is 0 Å². The lowest BCUT2D eigenvalue weighted by atomic mass is 10.1. The second-order valence-electron chi connectivity index (χ2n) is 4.50. The van der Waals surface area contributed by atoms with E-state index in [9.17, 15) is 4.79 Å². The molecule has 0 aromatic carbocycles. The zero-order valence-electron chi connectivity index (χ0n) is 11.4. The predicted molar refractivity (Wildman–Crippen MR) is 75.1 cm³/mol. The van der Waals surface area contributed by atoms with Gasteiger partial charge in [0.25, 0.3) is 0 Å². The van der Waals surface area contributed by atoms with Crippen molar-refractivity contribution in [2.75, 3.05) is 31.7 Å². The number of hydrogen-bond acceptors (Lipinski definition) is 6. The third-order valence-corrected chi connectivity index (χ3v) is 4.30. The minimum absolute atomic E-state index is 0.366. The molecule has 2 rings (SSSR count). The van der Waals surface area contributed by atoms with Crippen LogP contribution < -0.4 is 4.90 Å². The molecule has 1 aliphatic heterocycles. The Labute approximate surface area is 117 Å². The van der Waals surface area contributed by atoms with E-state index in [1.165, 1.54) is 11.3 Å². The van der Waals surface area contributed by atoms with Gasteiger partial charge in [-0.05, 0) is 19.8 Å². The van der Waals surface area contributed by atoms with Gasteiger partial charge in [-0.3, -0.25) is 4.79 Å². The first-order valence-corrected chi connectivity index (χ1v) is 7.40. The third kappa shape index (κ3) is 3.52. The second kappa shape index (κ2) is 6.98. The summed E-state index contributed by atoms with van der Waals surface area (Å²) in [6, 6.07) is 0. The summed E-state index contributed by atoms with van der Waals surface area (Å²) in [7, 11) is 1.61. The van der Waals surface area contributed by atoms with Crippen LogP contribution in [0.25, 0.3) is 0 Å². The molecule has 1 aliphatic rings. The van der Waals surface area contributed by atoms with Crippen molar-refractivity contribution in [2.45, 2.75) is 32.5 Å². The molecule has 2 heterocycles. The highest BCUT2D eigenvalue weighted by atomic mass is 32.1. The zero-order chi connectivity index (χ0) is 13.7. The van der Waals surface area contributed by atoms with Gasteiger partial charge >= 0.3 is 0 Å². The molecule has 1 aromatic rings. The minimum Gasteiger partial charge on any atom is -0.378 e. The van der Waals surface area contributed by atoms with E-state index in [0.29, 0.717) is 17.6 Å². The van der Waals surface area contributed by atoms with Gasteiger partial charge in [0.15, 0.2) is 11.4 Å². The van der Waals surface area contributed by atoms with Gasteiger partial charge < -0.3 is 14.4 Å². The second-order valence-corrected chi connectivity index (χ2v) is 5.51. The number of piperidine rings is 1. The van der Waals surface area contributed by atoms with Gasteiger partial charge in [-0.15, -0.1) is 0 Å². The molecular weight excluding hydrogens is 264 g/mol. The fourth-order valence-electron chi connectivity index (χ4n) is 2.27. The molecule has 1 fully saturated rings. The molecule has 0 bridgehead atoms. The number of rotatable bonds is 6. The van der Waals surface area contributed by atoms with Crippen LogP contribution in [0.1, 0.15) is 35.1 Å². The summed E-state index contributed by atoms with van der Waals surface area (Å²) in [5, 5.41) is 0.920. The first kappa shape index (κ1) is 14.4. The molecule has 0 N–H and O–H groups in total. The summed E-state index contributed by atoms with van der Waals surface area (Å²) in [6.07, 6.45) is 3.26. The molecule has 1 saturated heterocycles. The lowest BCUT2D eigenvalue weighted by molar-refractivity contribution is 0.0459. The number of carbonyl (C=O) groups excluding carboxylic acids is 1. The number of ether oxygens (including phenoxy) is 2. The van der Waals surface area contributed by atoms with Crippen molar-refractivity contribution in [3.05, 3.63) is 10.6 Å². The Morgan fingerprint density at radius 3 is 2.79 bits per heavy atom. The number of aromatic nitrogens is 1. The zero-order valence-corrected chi connectivity index (χ0v) is 12.2. The summed E-state index contributed by atoms with van der Waals surface area (Å²) in [5.41, 5.74) is 0.740. The Bertz CT molecular complexity index is 414. The SMILES string of the molecule is CCOC1CCN(c2nc(COC)c(C=O)s2)CC1. The number of nitrogens with zero attached hydrogens (tertiary/aromatic N) is 2. The van der Waals surface area contributed by atoms with E-state index in [1.807, 2.05) is 6.92 Å². The smallest absolute Gasteiger partial charge is 0.186 e. The molecular formula is C13H20N2O3S. The largest absolute Gasteiger partial charge is 0.378 e. The molecule has 0 spiro atoms. The number of anilines is 1. The van der Waals surface area contributed by atoms with Gasteiger partial charge in [-0.2, -0.15) is 0 Å². The van der Waals surface area contributed by atoms with Gasteiger partial charge in [0, 0.05) is 26.8 Å². The minimum atomic E-state index is 0.366. The molecule has 0 amide bonds. The Morgan fingerprint density at radius 2 is 2.21 bits per heavy atom. The summed E-state index contributed by atoms with van der Waals surface area (Å²) in [5.74, 6) is 0. The quantitative estimate of drug-likeness (QED) is 0.749. The predicted octanol–water partition coefficient (Wildman–Crippen LogP) is 2.11. The summed E-state index contributed by atoms with van der Waals surface area (Å²) in [6.45, 7) is 5.06. The van der Waals surface area contributed by atoms with Crippen LogP contribution in [0, 0.1) is 0 Å². The van der Waals surface area contributed by atoms with Crippen molar-refractivity contribution >= 4 is 22.8 Å². The van der Waals surface area contributed by atoms with Crippen LogP contribution in [0.2, 0.25) is 0 Å². The van der Waals surface area contributed by atoms with E-state index >= 15 is 0 Å². The van der Waals surface area contributed by atoms with Crippen LogP contribution in [0.15, 0.2) is 0 Å². The Balaban J connectivity index is 2.01. The molecule has 0 aliphatic carbocycles. The van der Waals surface area contributed by atoms with Crippen LogP contribution in [-0.2, 0) is 16.1 Å². The van der Waals surface area contributed by atoms with E-state index in [4.69, 9.17) is 9.47 Å². The first-order valence-electron chi connectivity index (χ1n) is 6.58. The molecule has 0 unspecified atom stereocenters. The maximum absolute atomic E-state index is 11.0. The number of hydrogen-bond donors (Lipinski definition) is 0. The molecule has 5 nitrogen and oxygen atoms in total. The van der Waals surface area contributed by atoms with Gasteiger partial charge in [0.1, 0.15) is 0 Å². The molecule has 0 radical (unpaired) electrons. The third-order valence-electron chi connectivity index (χ3n) is 3.22. The highest BCUT2D eigenvalue weighted by Gasteiger charge is 2.22. The highest BCUT2D eigenvalue weighted by molar-refractivity contribution is 7.17. The summed E-state index contributed by atoms with van der Waals surface area (Å²) >= 11 is 1.45. The first-order chi connectivity index (χ1) is 9.28. The van der Waals surface area contributed by atoms with Gasteiger partial charge in [-0.25, -0.2) is 4.98 Å². The van der Waals surface area contributed by atoms with Crippen molar-refractivity contribution < 1.29 is 14.3 Å².